The summed E-state index contributed by atoms with van der Waals surface area (Å²) in [7, 11) is 0. The van der Waals surface area contributed by atoms with E-state index in [1.165, 1.54) is 107 Å². The number of hydrogen-bond acceptors (Lipinski definition) is 2. The third kappa shape index (κ3) is 4.08. The molecular weight excluding hydrogens is 378 g/mol. The van der Waals surface area contributed by atoms with Crippen molar-refractivity contribution in [2.24, 2.45) is 23.2 Å². The lowest BCUT2D eigenvalue weighted by Crippen LogP contribution is -2.44. The van der Waals surface area contributed by atoms with Crippen LogP contribution in [0.4, 0.5) is 0 Å². The number of rotatable bonds is 7. The van der Waals surface area contributed by atoms with Crippen LogP contribution in [0.3, 0.4) is 0 Å². The predicted octanol–water partition coefficient (Wildman–Crippen LogP) is 6.45. The van der Waals surface area contributed by atoms with Gasteiger partial charge in [0.25, 0.3) is 0 Å². The van der Waals surface area contributed by atoms with Crippen LogP contribution >= 0.6 is 0 Å². The van der Waals surface area contributed by atoms with Crippen molar-refractivity contribution in [3.05, 3.63) is 30.0 Å². The zero-order chi connectivity index (χ0) is 20.7. The molecule has 3 bridgehead atoms. The van der Waals surface area contributed by atoms with Crippen LogP contribution in [0.5, 0.6) is 0 Å². The third-order valence-corrected chi connectivity index (χ3v) is 9.64. The standard InChI is InChI=1S/C28H41N3/c1-4-15-30(16-5-1)17-6-8-26-25-7-2-3-9-27(25)31(29-26)18-14-28-13-12-23-11-10-22(20-28)19-24(23)21-28/h2-3,7,9,22-24H,1,4-6,8,10-21H2. The monoisotopic (exact) mass is 419 g/mol. The molecule has 4 aliphatic rings. The molecule has 2 heterocycles. The largest absolute Gasteiger partial charge is 0.303 e. The molecule has 3 saturated carbocycles. The first-order valence-electron chi connectivity index (χ1n) is 13.4. The summed E-state index contributed by atoms with van der Waals surface area (Å²) in [4.78, 5) is 2.66. The first kappa shape index (κ1) is 20.3. The molecule has 3 heteroatoms. The summed E-state index contributed by atoms with van der Waals surface area (Å²) < 4.78 is 2.39. The van der Waals surface area contributed by atoms with Crippen molar-refractivity contribution in [2.45, 2.75) is 90.0 Å². The summed E-state index contributed by atoms with van der Waals surface area (Å²) in [5, 5.41) is 6.61. The predicted molar refractivity (Wildman–Crippen MR) is 128 cm³/mol. The molecule has 1 aromatic carbocycles. The fourth-order valence-electron chi connectivity index (χ4n) is 8.06. The zero-order valence-electron chi connectivity index (χ0n) is 19.4. The fourth-order valence-corrected chi connectivity index (χ4v) is 8.06. The Morgan fingerprint density at radius 1 is 0.935 bits per heavy atom. The van der Waals surface area contributed by atoms with E-state index in [1.807, 2.05) is 0 Å². The van der Waals surface area contributed by atoms with Gasteiger partial charge in [0, 0.05) is 11.9 Å². The van der Waals surface area contributed by atoms with Gasteiger partial charge in [-0.15, -0.1) is 0 Å². The van der Waals surface area contributed by atoms with Crippen LogP contribution < -0.4 is 0 Å². The lowest BCUT2D eigenvalue weighted by Gasteiger charge is -2.55. The number of piperidine rings is 1. The van der Waals surface area contributed by atoms with E-state index in [-0.39, 0.29) is 0 Å². The molecule has 4 fully saturated rings. The van der Waals surface area contributed by atoms with Crippen LogP contribution in [0.1, 0.15) is 82.7 Å². The Morgan fingerprint density at radius 3 is 2.77 bits per heavy atom. The van der Waals surface area contributed by atoms with Crippen molar-refractivity contribution in [1.29, 1.82) is 0 Å². The molecule has 0 radical (unpaired) electrons. The van der Waals surface area contributed by atoms with Crippen molar-refractivity contribution >= 4 is 10.9 Å². The number of benzene rings is 1. The summed E-state index contributed by atoms with van der Waals surface area (Å²) in [6, 6.07) is 9.02. The average molecular weight is 420 g/mol. The summed E-state index contributed by atoms with van der Waals surface area (Å²) >= 11 is 0. The molecule has 4 atom stereocenters. The smallest absolute Gasteiger partial charge is 0.0703 e. The Hall–Kier alpha value is -1.35. The fraction of sp³-hybridized carbons (Fsp3) is 0.750. The van der Waals surface area contributed by atoms with Crippen molar-refractivity contribution in [3.63, 3.8) is 0 Å². The van der Waals surface area contributed by atoms with E-state index in [4.69, 9.17) is 5.10 Å². The van der Waals surface area contributed by atoms with E-state index in [0.29, 0.717) is 5.41 Å². The van der Waals surface area contributed by atoms with Gasteiger partial charge in [-0.1, -0.05) is 31.0 Å². The number of para-hydroxylation sites is 1. The van der Waals surface area contributed by atoms with E-state index in [2.05, 4.69) is 33.8 Å². The van der Waals surface area contributed by atoms with Crippen LogP contribution in [0.25, 0.3) is 10.9 Å². The number of hydrogen-bond donors (Lipinski definition) is 0. The molecule has 3 aliphatic carbocycles. The molecule has 0 spiro atoms. The van der Waals surface area contributed by atoms with Gasteiger partial charge in [0.15, 0.2) is 0 Å². The number of aryl methyl sites for hydroxylation is 2. The molecule has 3 nitrogen and oxygen atoms in total. The minimum atomic E-state index is 0.631. The van der Waals surface area contributed by atoms with E-state index in [1.54, 1.807) is 6.42 Å². The highest BCUT2D eigenvalue weighted by Gasteiger charge is 2.48. The van der Waals surface area contributed by atoms with Gasteiger partial charge in [0.05, 0.1) is 11.2 Å². The van der Waals surface area contributed by atoms with Crippen molar-refractivity contribution in [3.8, 4) is 0 Å². The molecule has 168 valence electrons. The van der Waals surface area contributed by atoms with Gasteiger partial charge in [-0.2, -0.15) is 5.10 Å². The molecule has 1 saturated heterocycles. The Kier molecular flexibility index (Phi) is 5.58. The highest BCUT2D eigenvalue weighted by Crippen LogP contribution is 2.59. The molecule has 1 aliphatic heterocycles. The number of aromatic nitrogens is 2. The topological polar surface area (TPSA) is 21.1 Å². The maximum atomic E-state index is 5.20. The lowest BCUT2D eigenvalue weighted by molar-refractivity contribution is -0.0411. The van der Waals surface area contributed by atoms with Crippen LogP contribution in [0, 0.1) is 23.2 Å². The Bertz CT molecular complexity index is 891. The molecule has 31 heavy (non-hydrogen) atoms. The SMILES string of the molecule is c1ccc2c(c1)c(CCCN1CCCCC1)nn2CCC12CCC3CCC(CC3C1)C2. The van der Waals surface area contributed by atoms with Crippen molar-refractivity contribution in [2.75, 3.05) is 19.6 Å². The number of fused-ring (bicyclic) bond motifs is 3. The second-order valence-corrected chi connectivity index (χ2v) is 11.6. The minimum Gasteiger partial charge on any atom is -0.303 e. The van der Waals surface area contributed by atoms with E-state index in [9.17, 15) is 0 Å². The van der Waals surface area contributed by atoms with Gasteiger partial charge in [0.1, 0.15) is 0 Å². The van der Waals surface area contributed by atoms with Crippen LogP contribution in [-0.2, 0) is 13.0 Å². The highest BCUT2D eigenvalue weighted by molar-refractivity contribution is 5.81. The summed E-state index contributed by atoms with van der Waals surface area (Å²) in [6.45, 7) is 4.98. The van der Waals surface area contributed by atoms with Gasteiger partial charge < -0.3 is 4.90 Å². The van der Waals surface area contributed by atoms with Gasteiger partial charge >= 0.3 is 0 Å². The molecule has 0 N–H and O–H groups in total. The summed E-state index contributed by atoms with van der Waals surface area (Å²) in [6.07, 6.45) is 18.6. The lowest BCUT2D eigenvalue weighted by atomic mass is 9.51. The quantitative estimate of drug-likeness (QED) is 0.514. The summed E-state index contributed by atoms with van der Waals surface area (Å²) in [5.74, 6) is 3.16. The Labute approximate surface area is 188 Å². The number of nitrogens with zero attached hydrogens (tertiary/aromatic N) is 3. The zero-order valence-corrected chi connectivity index (χ0v) is 19.4. The van der Waals surface area contributed by atoms with E-state index in [0.717, 1.165) is 30.7 Å². The minimum absolute atomic E-state index is 0.631. The van der Waals surface area contributed by atoms with E-state index >= 15 is 0 Å². The van der Waals surface area contributed by atoms with Gasteiger partial charge in [0.2, 0.25) is 0 Å². The second-order valence-electron chi connectivity index (χ2n) is 11.6. The van der Waals surface area contributed by atoms with E-state index < -0.39 is 0 Å². The molecule has 1 aromatic heterocycles. The van der Waals surface area contributed by atoms with Crippen molar-refractivity contribution in [1.82, 2.24) is 14.7 Å². The van der Waals surface area contributed by atoms with Gasteiger partial charge in [-0.25, -0.2) is 0 Å². The van der Waals surface area contributed by atoms with Gasteiger partial charge in [-0.05, 0) is 119 Å². The Balaban J connectivity index is 1.14. The average Bonchev–Trinajstić information content (AvgIpc) is 3.15. The maximum absolute atomic E-state index is 5.20. The number of likely N-dealkylation sites (tertiary alicyclic amines) is 1. The van der Waals surface area contributed by atoms with Crippen LogP contribution in [-0.4, -0.2) is 34.3 Å². The van der Waals surface area contributed by atoms with Gasteiger partial charge in [-0.3, -0.25) is 4.68 Å². The third-order valence-electron chi connectivity index (χ3n) is 9.64. The summed E-state index contributed by atoms with van der Waals surface area (Å²) in [5.41, 5.74) is 3.34. The molecule has 2 aromatic rings. The molecule has 0 amide bonds. The Morgan fingerprint density at radius 2 is 1.84 bits per heavy atom. The van der Waals surface area contributed by atoms with Crippen molar-refractivity contribution < 1.29 is 0 Å². The first-order valence-corrected chi connectivity index (χ1v) is 13.4. The maximum Gasteiger partial charge on any atom is 0.0703 e. The molecule has 4 unspecified atom stereocenters. The normalized spacial score (nSPS) is 33.2. The second kappa shape index (κ2) is 8.54. The highest BCUT2D eigenvalue weighted by atomic mass is 15.3. The van der Waals surface area contributed by atoms with Crippen LogP contribution in [0.2, 0.25) is 0 Å². The molecular formula is C28H41N3. The van der Waals surface area contributed by atoms with Crippen LogP contribution in [0.15, 0.2) is 24.3 Å². The molecule has 6 rings (SSSR count). The first-order chi connectivity index (χ1) is 15.3.